The number of anilines is 1. The number of carbonyl (C=O) groups is 2. The van der Waals surface area contributed by atoms with Gasteiger partial charge in [-0.3, -0.25) is 4.79 Å². The number of aromatic carboxylic acids is 1. The number of rotatable bonds is 6. The van der Waals surface area contributed by atoms with E-state index in [9.17, 15) is 14.7 Å². The second-order valence-corrected chi connectivity index (χ2v) is 9.01. The zero-order valence-corrected chi connectivity index (χ0v) is 18.7. The summed E-state index contributed by atoms with van der Waals surface area (Å²) in [6.07, 6.45) is 0. The van der Waals surface area contributed by atoms with Crippen molar-refractivity contribution in [2.45, 2.75) is 17.1 Å². The monoisotopic (exact) mass is 462 g/mol. The summed E-state index contributed by atoms with van der Waals surface area (Å²) in [6.45, 7) is 1.84. The van der Waals surface area contributed by atoms with Gasteiger partial charge in [0.2, 0.25) is 5.91 Å². The fourth-order valence-corrected chi connectivity index (χ4v) is 4.23. The maximum Gasteiger partial charge on any atom is 0.336 e. The number of nitrogens with zero attached hydrogens (tertiary/aromatic N) is 1. The number of halogens is 1. The van der Waals surface area contributed by atoms with Crippen LogP contribution in [0.1, 0.15) is 17.3 Å². The Labute approximate surface area is 194 Å². The number of carboxylic acids is 1. The minimum atomic E-state index is -0.999. The Balaban J connectivity index is 1.50. The molecule has 0 fully saturated rings. The summed E-state index contributed by atoms with van der Waals surface area (Å²) in [5, 5.41) is 13.5. The lowest BCUT2D eigenvalue weighted by molar-refractivity contribution is -0.115. The molecule has 4 aromatic rings. The molecule has 2 N–H and O–H groups in total. The number of fused-ring (bicyclic) bond motifs is 1. The molecular weight excluding hydrogens is 444 g/mol. The molecule has 4 rings (SSSR count). The number of thioether (sulfide) groups is 1. The van der Waals surface area contributed by atoms with Crippen molar-refractivity contribution in [2.24, 2.45) is 0 Å². The fraction of sp³-hybridized carbons (Fsp3) is 0.0800. The van der Waals surface area contributed by atoms with Crippen LogP contribution in [0, 0.1) is 0 Å². The predicted molar refractivity (Wildman–Crippen MR) is 130 cm³/mol. The number of aromatic nitrogens is 1. The van der Waals surface area contributed by atoms with Crippen LogP contribution in [0.5, 0.6) is 0 Å². The number of pyridine rings is 1. The standard InChI is InChI=1S/C25H19ClN2O3S/c1-15(32-19-12-8-17(26)9-13-19)24(29)27-18-10-6-16(7-11-18)23-14-21(25(30)31)20-4-2-3-5-22(20)28-23/h2-15H,1H3,(H,27,29)(H,30,31). The smallest absolute Gasteiger partial charge is 0.336 e. The Morgan fingerprint density at radius 2 is 1.69 bits per heavy atom. The molecule has 7 heteroatoms. The normalized spacial score (nSPS) is 11.8. The van der Waals surface area contributed by atoms with Crippen molar-refractivity contribution in [3.63, 3.8) is 0 Å². The lowest BCUT2D eigenvalue weighted by Crippen LogP contribution is -2.22. The van der Waals surface area contributed by atoms with Gasteiger partial charge >= 0.3 is 5.97 Å². The molecule has 32 heavy (non-hydrogen) atoms. The van der Waals surface area contributed by atoms with Crippen molar-refractivity contribution in [3.05, 3.63) is 89.4 Å². The quantitative estimate of drug-likeness (QED) is 0.325. The molecule has 0 aliphatic heterocycles. The molecule has 1 heterocycles. The second kappa shape index (κ2) is 9.42. The van der Waals surface area contributed by atoms with Gasteiger partial charge in [-0.2, -0.15) is 0 Å². The number of carbonyl (C=O) groups excluding carboxylic acids is 1. The minimum Gasteiger partial charge on any atom is -0.478 e. The number of para-hydroxylation sites is 1. The lowest BCUT2D eigenvalue weighted by atomic mass is 10.0. The van der Waals surface area contributed by atoms with E-state index in [2.05, 4.69) is 10.3 Å². The number of carboxylic acid groups (broad SMARTS) is 1. The van der Waals surface area contributed by atoms with Gasteiger partial charge < -0.3 is 10.4 Å². The third-order valence-electron chi connectivity index (χ3n) is 4.89. The van der Waals surface area contributed by atoms with Crippen molar-refractivity contribution in [1.82, 2.24) is 4.98 Å². The maximum atomic E-state index is 12.6. The molecule has 0 radical (unpaired) electrons. The van der Waals surface area contributed by atoms with Crippen LogP contribution in [0.15, 0.2) is 83.8 Å². The van der Waals surface area contributed by atoms with Gasteiger partial charge in [0.1, 0.15) is 0 Å². The molecule has 1 unspecified atom stereocenters. The molecule has 1 atom stereocenters. The van der Waals surface area contributed by atoms with Gasteiger partial charge in [-0.15, -0.1) is 11.8 Å². The molecule has 1 aromatic heterocycles. The van der Waals surface area contributed by atoms with Crippen molar-refractivity contribution >= 4 is 51.8 Å². The van der Waals surface area contributed by atoms with Gasteiger partial charge in [-0.1, -0.05) is 41.9 Å². The SMILES string of the molecule is CC(Sc1ccc(Cl)cc1)C(=O)Nc1ccc(-c2cc(C(=O)O)c3ccccc3n2)cc1. The van der Waals surface area contributed by atoms with Gasteiger partial charge in [0, 0.05) is 26.6 Å². The van der Waals surface area contributed by atoms with Crippen LogP contribution in [-0.2, 0) is 4.79 Å². The van der Waals surface area contributed by atoms with E-state index in [1.165, 1.54) is 11.8 Å². The van der Waals surface area contributed by atoms with E-state index in [0.717, 1.165) is 10.5 Å². The molecular formula is C25H19ClN2O3S. The molecule has 0 bridgehead atoms. The average molecular weight is 463 g/mol. The van der Waals surface area contributed by atoms with E-state index in [4.69, 9.17) is 11.6 Å². The summed E-state index contributed by atoms with van der Waals surface area (Å²) in [7, 11) is 0. The molecule has 0 spiro atoms. The predicted octanol–water partition coefficient (Wildman–Crippen LogP) is 6.37. The van der Waals surface area contributed by atoms with Gasteiger partial charge in [0.25, 0.3) is 0 Å². The first-order chi connectivity index (χ1) is 15.4. The molecule has 0 saturated carbocycles. The van der Waals surface area contributed by atoms with E-state index < -0.39 is 5.97 Å². The second-order valence-electron chi connectivity index (χ2n) is 7.16. The Morgan fingerprint density at radius 3 is 2.38 bits per heavy atom. The van der Waals surface area contributed by atoms with Crippen molar-refractivity contribution in [1.29, 1.82) is 0 Å². The molecule has 160 valence electrons. The molecule has 1 amide bonds. The highest BCUT2D eigenvalue weighted by Gasteiger charge is 2.16. The minimum absolute atomic E-state index is 0.116. The number of hydrogen-bond donors (Lipinski definition) is 2. The van der Waals surface area contributed by atoms with Crippen LogP contribution in [0.25, 0.3) is 22.2 Å². The molecule has 3 aromatic carbocycles. The van der Waals surface area contributed by atoms with Crippen molar-refractivity contribution in [3.8, 4) is 11.3 Å². The highest BCUT2D eigenvalue weighted by Crippen LogP contribution is 2.28. The first kappa shape index (κ1) is 21.9. The van der Waals surface area contributed by atoms with Gasteiger partial charge in [-0.05, 0) is 55.5 Å². The lowest BCUT2D eigenvalue weighted by Gasteiger charge is -2.13. The summed E-state index contributed by atoms with van der Waals surface area (Å²) in [6, 6.07) is 23.3. The average Bonchev–Trinajstić information content (AvgIpc) is 2.80. The Bertz CT molecular complexity index is 1290. The first-order valence-electron chi connectivity index (χ1n) is 9.87. The van der Waals surface area contributed by atoms with Crippen molar-refractivity contribution < 1.29 is 14.7 Å². The van der Waals surface area contributed by atoms with E-state index >= 15 is 0 Å². The number of benzene rings is 3. The number of nitrogens with one attached hydrogen (secondary N) is 1. The zero-order valence-electron chi connectivity index (χ0n) is 17.1. The Kier molecular flexibility index (Phi) is 6.44. The Morgan fingerprint density at radius 1 is 1.00 bits per heavy atom. The molecule has 0 saturated heterocycles. The summed E-state index contributed by atoms with van der Waals surface area (Å²) in [4.78, 5) is 29.8. The van der Waals surface area contributed by atoms with Gasteiger partial charge in [0.15, 0.2) is 0 Å². The highest BCUT2D eigenvalue weighted by atomic mass is 35.5. The van der Waals surface area contributed by atoms with E-state index in [1.807, 2.05) is 37.3 Å². The number of amides is 1. The third kappa shape index (κ3) is 4.93. The molecule has 5 nitrogen and oxygen atoms in total. The maximum absolute atomic E-state index is 12.6. The first-order valence-corrected chi connectivity index (χ1v) is 11.1. The summed E-state index contributed by atoms with van der Waals surface area (Å²) in [5.41, 5.74) is 2.80. The molecule has 0 aliphatic rings. The largest absolute Gasteiger partial charge is 0.478 e. The van der Waals surface area contributed by atoms with Crippen LogP contribution in [-0.4, -0.2) is 27.2 Å². The van der Waals surface area contributed by atoms with Gasteiger partial charge in [-0.25, -0.2) is 9.78 Å². The summed E-state index contributed by atoms with van der Waals surface area (Å²) >= 11 is 7.35. The van der Waals surface area contributed by atoms with Crippen LogP contribution < -0.4 is 5.32 Å². The van der Waals surface area contributed by atoms with Crippen LogP contribution in [0.4, 0.5) is 5.69 Å². The van der Waals surface area contributed by atoms with Crippen LogP contribution >= 0.6 is 23.4 Å². The third-order valence-corrected chi connectivity index (χ3v) is 6.25. The fourth-order valence-electron chi connectivity index (χ4n) is 3.24. The van der Waals surface area contributed by atoms with E-state index in [1.54, 1.807) is 48.5 Å². The molecule has 0 aliphatic carbocycles. The summed E-state index contributed by atoms with van der Waals surface area (Å²) in [5.74, 6) is -1.12. The van der Waals surface area contributed by atoms with E-state index in [-0.39, 0.29) is 16.7 Å². The van der Waals surface area contributed by atoms with Crippen molar-refractivity contribution in [2.75, 3.05) is 5.32 Å². The van der Waals surface area contributed by atoms with Crippen LogP contribution in [0.3, 0.4) is 0 Å². The van der Waals surface area contributed by atoms with Crippen LogP contribution in [0.2, 0.25) is 5.02 Å². The zero-order chi connectivity index (χ0) is 22.7. The van der Waals surface area contributed by atoms with E-state index in [0.29, 0.717) is 27.3 Å². The highest BCUT2D eigenvalue weighted by molar-refractivity contribution is 8.00. The number of hydrogen-bond acceptors (Lipinski definition) is 4. The topological polar surface area (TPSA) is 79.3 Å². The Hall–Kier alpha value is -3.35. The van der Waals surface area contributed by atoms with Gasteiger partial charge in [0.05, 0.1) is 22.0 Å². The summed E-state index contributed by atoms with van der Waals surface area (Å²) < 4.78 is 0.